The Morgan fingerprint density at radius 2 is 1.93 bits per heavy atom. The molecule has 4 rings (SSSR count). The molecule has 1 aliphatic rings. The van der Waals surface area contributed by atoms with Gasteiger partial charge in [-0.15, -0.1) is 11.3 Å². The van der Waals surface area contributed by atoms with Gasteiger partial charge in [-0.1, -0.05) is 0 Å². The van der Waals surface area contributed by atoms with Gasteiger partial charge in [0.2, 0.25) is 0 Å². The van der Waals surface area contributed by atoms with Crippen LogP contribution in [0.25, 0.3) is 10.3 Å². The average Bonchev–Trinajstić information content (AvgIpc) is 3.05. The summed E-state index contributed by atoms with van der Waals surface area (Å²) in [4.78, 5) is 17.8. The number of anilines is 1. The van der Waals surface area contributed by atoms with E-state index in [-0.39, 0.29) is 11.9 Å². The number of hydrogen-bond acceptors (Lipinski definition) is 7. The molecular formula is C20H21FN6S. The number of fused-ring (bicyclic) bond motifs is 1. The molecule has 0 spiro atoms. The molecule has 0 saturated carbocycles. The predicted octanol–water partition coefficient (Wildman–Crippen LogP) is 3.60. The van der Waals surface area contributed by atoms with Crippen LogP contribution in [0.4, 0.5) is 10.2 Å². The average molecular weight is 396 g/mol. The second-order valence-electron chi connectivity index (χ2n) is 7.08. The molecular weight excluding hydrogens is 375 g/mol. The van der Waals surface area contributed by atoms with Crippen LogP contribution in [0.1, 0.15) is 34.8 Å². The van der Waals surface area contributed by atoms with Crippen molar-refractivity contribution in [1.82, 2.24) is 19.9 Å². The second kappa shape index (κ2) is 7.41. The standard InChI is InChI=1S/C20H21FN6S/c1-12-8-18(23-11-15(12)10-22)27-6-4-26(5-7-27)13(2)19-16(21)9-17-20(25-19)24-14(3)28-17/h8-9,11,13H,4-7H2,1-3H3. The van der Waals surface area contributed by atoms with E-state index in [0.717, 1.165) is 47.3 Å². The number of pyridine rings is 2. The maximum absolute atomic E-state index is 14.6. The summed E-state index contributed by atoms with van der Waals surface area (Å²) in [7, 11) is 0. The fourth-order valence-electron chi connectivity index (χ4n) is 3.60. The summed E-state index contributed by atoms with van der Waals surface area (Å²) >= 11 is 1.46. The number of aryl methyl sites for hydroxylation is 2. The number of piperazine rings is 1. The summed E-state index contributed by atoms with van der Waals surface area (Å²) in [6.45, 7) is 8.99. The van der Waals surface area contributed by atoms with Gasteiger partial charge in [0.25, 0.3) is 0 Å². The summed E-state index contributed by atoms with van der Waals surface area (Å²) in [6.07, 6.45) is 1.63. The lowest BCUT2D eigenvalue weighted by Gasteiger charge is -2.38. The van der Waals surface area contributed by atoms with E-state index in [1.807, 2.05) is 26.8 Å². The van der Waals surface area contributed by atoms with Crippen LogP contribution in [-0.4, -0.2) is 46.0 Å². The van der Waals surface area contributed by atoms with Crippen molar-refractivity contribution >= 4 is 27.5 Å². The van der Waals surface area contributed by atoms with E-state index in [2.05, 4.69) is 30.8 Å². The van der Waals surface area contributed by atoms with Gasteiger partial charge < -0.3 is 4.90 Å². The number of nitrogens with zero attached hydrogens (tertiary/aromatic N) is 6. The van der Waals surface area contributed by atoms with Crippen LogP contribution in [0.5, 0.6) is 0 Å². The van der Waals surface area contributed by atoms with E-state index in [9.17, 15) is 4.39 Å². The normalized spacial score (nSPS) is 16.3. The predicted molar refractivity (Wildman–Crippen MR) is 108 cm³/mol. The Hall–Kier alpha value is -2.63. The Bertz CT molecular complexity index is 1060. The van der Waals surface area contributed by atoms with Crippen molar-refractivity contribution in [2.24, 2.45) is 0 Å². The van der Waals surface area contributed by atoms with Crippen molar-refractivity contribution in [2.45, 2.75) is 26.8 Å². The molecule has 1 unspecified atom stereocenters. The van der Waals surface area contributed by atoms with Crippen molar-refractivity contribution in [3.05, 3.63) is 46.0 Å². The van der Waals surface area contributed by atoms with Crippen molar-refractivity contribution < 1.29 is 4.39 Å². The molecule has 1 saturated heterocycles. The molecule has 3 aromatic rings. The van der Waals surface area contributed by atoms with Crippen LogP contribution in [0, 0.1) is 31.0 Å². The van der Waals surface area contributed by atoms with Crippen molar-refractivity contribution in [1.29, 1.82) is 5.26 Å². The molecule has 0 radical (unpaired) electrons. The number of halogens is 1. The van der Waals surface area contributed by atoms with Gasteiger partial charge in [0.15, 0.2) is 5.65 Å². The molecule has 1 atom stereocenters. The third-order valence-corrected chi connectivity index (χ3v) is 6.18. The SMILES string of the molecule is Cc1nc2nc(C(C)N3CCN(c4cc(C)c(C#N)cn4)CC3)c(F)cc2s1. The van der Waals surface area contributed by atoms with Crippen molar-refractivity contribution in [3.63, 3.8) is 0 Å². The third-order valence-electron chi connectivity index (χ3n) is 5.27. The zero-order valence-electron chi connectivity index (χ0n) is 16.1. The first-order chi connectivity index (χ1) is 13.5. The lowest BCUT2D eigenvalue weighted by atomic mass is 10.1. The van der Waals surface area contributed by atoms with E-state index < -0.39 is 0 Å². The van der Waals surface area contributed by atoms with Crippen molar-refractivity contribution in [2.75, 3.05) is 31.1 Å². The molecule has 0 amide bonds. The van der Waals surface area contributed by atoms with E-state index in [1.165, 1.54) is 11.3 Å². The molecule has 144 valence electrons. The number of nitriles is 1. The summed E-state index contributed by atoms with van der Waals surface area (Å²) in [5, 5.41) is 9.96. The van der Waals surface area contributed by atoms with Gasteiger partial charge in [0.1, 0.15) is 17.7 Å². The van der Waals surface area contributed by atoms with Gasteiger partial charge in [-0.3, -0.25) is 4.90 Å². The van der Waals surface area contributed by atoms with Crippen molar-refractivity contribution in [3.8, 4) is 6.07 Å². The molecule has 6 nitrogen and oxygen atoms in total. The van der Waals surface area contributed by atoms with Crippen LogP contribution in [-0.2, 0) is 0 Å². The molecule has 1 fully saturated rings. The molecule has 8 heteroatoms. The zero-order valence-corrected chi connectivity index (χ0v) is 16.9. The van der Waals surface area contributed by atoms with E-state index >= 15 is 0 Å². The summed E-state index contributed by atoms with van der Waals surface area (Å²) in [5.41, 5.74) is 2.62. The Kier molecular flexibility index (Phi) is 4.96. The highest BCUT2D eigenvalue weighted by atomic mass is 32.1. The quantitative estimate of drug-likeness (QED) is 0.674. The first-order valence-electron chi connectivity index (χ1n) is 9.25. The van der Waals surface area contributed by atoms with Gasteiger partial charge >= 0.3 is 0 Å². The van der Waals surface area contributed by atoms with Gasteiger partial charge in [-0.25, -0.2) is 19.3 Å². The maximum Gasteiger partial charge on any atom is 0.171 e. The molecule has 0 N–H and O–H groups in total. The second-order valence-corrected chi connectivity index (χ2v) is 8.31. The largest absolute Gasteiger partial charge is 0.354 e. The Balaban J connectivity index is 1.48. The smallest absolute Gasteiger partial charge is 0.171 e. The minimum atomic E-state index is -0.268. The lowest BCUT2D eigenvalue weighted by molar-refractivity contribution is 0.191. The minimum absolute atomic E-state index is 0.121. The van der Waals surface area contributed by atoms with Crippen LogP contribution >= 0.6 is 11.3 Å². The molecule has 3 aromatic heterocycles. The lowest BCUT2D eigenvalue weighted by Crippen LogP contribution is -2.47. The first-order valence-corrected chi connectivity index (χ1v) is 10.1. The van der Waals surface area contributed by atoms with Crippen LogP contribution in [0.3, 0.4) is 0 Å². The Morgan fingerprint density at radius 1 is 1.18 bits per heavy atom. The van der Waals surface area contributed by atoms with Crippen LogP contribution in [0.15, 0.2) is 18.3 Å². The van der Waals surface area contributed by atoms with Gasteiger partial charge in [0.05, 0.1) is 27.0 Å². The molecule has 1 aliphatic heterocycles. The third kappa shape index (κ3) is 3.43. The number of aromatic nitrogens is 3. The Morgan fingerprint density at radius 3 is 2.61 bits per heavy atom. The van der Waals surface area contributed by atoms with Crippen LogP contribution < -0.4 is 4.90 Å². The monoisotopic (exact) mass is 396 g/mol. The summed E-state index contributed by atoms with van der Waals surface area (Å²) < 4.78 is 15.4. The number of hydrogen-bond donors (Lipinski definition) is 0. The highest BCUT2D eigenvalue weighted by molar-refractivity contribution is 7.18. The van der Waals surface area contributed by atoms with E-state index in [0.29, 0.717) is 16.9 Å². The molecule has 0 aliphatic carbocycles. The topological polar surface area (TPSA) is 68.9 Å². The van der Waals surface area contributed by atoms with Gasteiger partial charge in [-0.05, 0) is 38.5 Å². The minimum Gasteiger partial charge on any atom is -0.354 e. The number of thiazole rings is 1. The maximum atomic E-state index is 14.6. The zero-order chi connectivity index (χ0) is 19.8. The van der Waals surface area contributed by atoms with E-state index in [4.69, 9.17) is 5.26 Å². The summed E-state index contributed by atoms with van der Waals surface area (Å²) in [6, 6.07) is 5.54. The first kappa shape index (κ1) is 18.7. The highest BCUT2D eigenvalue weighted by Crippen LogP contribution is 2.28. The summed E-state index contributed by atoms with van der Waals surface area (Å²) in [5.74, 6) is 0.614. The fraction of sp³-hybridized carbons (Fsp3) is 0.400. The van der Waals surface area contributed by atoms with E-state index in [1.54, 1.807) is 12.3 Å². The molecule has 28 heavy (non-hydrogen) atoms. The molecule has 4 heterocycles. The Labute approximate surface area is 167 Å². The molecule has 0 aromatic carbocycles. The number of rotatable bonds is 3. The van der Waals surface area contributed by atoms with Gasteiger partial charge in [0, 0.05) is 32.4 Å². The van der Waals surface area contributed by atoms with Gasteiger partial charge in [-0.2, -0.15) is 5.26 Å². The molecule has 0 bridgehead atoms. The fourth-order valence-corrected chi connectivity index (χ4v) is 4.39. The van der Waals surface area contributed by atoms with Crippen LogP contribution in [0.2, 0.25) is 0 Å². The highest BCUT2D eigenvalue weighted by Gasteiger charge is 2.26.